The molecule has 1 rings (SSSR count). The van der Waals surface area contributed by atoms with Gasteiger partial charge in [0.05, 0.1) is 4.92 Å². The second kappa shape index (κ2) is 5.78. The van der Waals surface area contributed by atoms with E-state index in [0.29, 0.717) is 11.4 Å². The summed E-state index contributed by atoms with van der Waals surface area (Å²) in [6.45, 7) is 1.76. The lowest BCUT2D eigenvalue weighted by Crippen LogP contribution is -1.95. The summed E-state index contributed by atoms with van der Waals surface area (Å²) in [5.74, 6) is 0. The summed E-state index contributed by atoms with van der Waals surface area (Å²) >= 11 is 7.05. The number of nitro groups is 1. The highest BCUT2D eigenvalue weighted by Crippen LogP contribution is 2.23. The predicted molar refractivity (Wildman–Crippen MR) is 62.7 cm³/mol. The molecule has 0 atom stereocenters. The molecule has 1 aromatic carbocycles. The summed E-state index contributed by atoms with van der Waals surface area (Å²) in [6.07, 6.45) is 0.424. The van der Waals surface area contributed by atoms with Gasteiger partial charge in [-0.2, -0.15) is 0 Å². The van der Waals surface area contributed by atoms with Gasteiger partial charge >= 0.3 is 0 Å². The Morgan fingerprint density at radius 1 is 1.53 bits per heavy atom. The number of nitrogens with zero attached hydrogens (tertiary/aromatic N) is 1. The summed E-state index contributed by atoms with van der Waals surface area (Å²) in [4.78, 5) is 11.1. The van der Waals surface area contributed by atoms with Gasteiger partial charge < -0.3 is 0 Å². The molecular formula is C10H10ClNO2S. The van der Waals surface area contributed by atoms with Crippen LogP contribution in [0.5, 0.6) is 0 Å². The lowest BCUT2D eigenvalue weighted by molar-refractivity contribution is -0.427. The molecule has 15 heavy (non-hydrogen) atoms. The van der Waals surface area contributed by atoms with Crippen LogP contribution in [0.15, 0.2) is 40.3 Å². The van der Waals surface area contributed by atoms with Crippen LogP contribution in [0.25, 0.3) is 0 Å². The monoisotopic (exact) mass is 243 g/mol. The van der Waals surface area contributed by atoms with Crippen LogP contribution in [0.4, 0.5) is 0 Å². The van der Waals surface area contributed by atoms with Crippen LogP contribution < -0.4 is 0 Å². The van der Waals surface area contributed by atoms with Gasteiger partial charge in [-0.1, -0.05) is 30.3 Å². The Morgan fingerprint density at radius 3 is 2.60 bits per heavy atom. The van der Waals surface area contributed by atoms with E-state index in [1.54, 1.807) is 24.5 Å². The summed E-state index contributed by atoms with van der Waals surface area (Å²) in [6, 6.07) is 7.18. The zero-order valence-electron chi connectivity index (χ0n) is 8.14. The predicted octanol–water partition coefficient (Wildman–Crippen LogP) is 3.96. The van der Waals surface area contributed by atoms with Crippen molar-refractivity contribution in [2.45, 2.75) is 18.2 Å². The number of hydrogen-bond acceptors (Lipinski definition) is 3. The van der Waals surface area contributed by atoms with Gasteiger partial charge in [0, 0.05) is 21.7 Å². The van der Waals surface area contributed by atoms with Crippen molar-refractivity contribution in [2.24, 2.45) is 0 Å². The van der Waals surface area contributed by atoms with E-state index in [1.165, 1.54) is 11.8 Å². The van der Waals surface area contributed by atoms with Crippen molar-refractivity contribution in [2.75, 3.05) is 0 Å². The minimum absolute atomic E-state index is 0.218. The molecule has 0 spiro atoms. The van der Waals surface area contributed by atoms with Crippen LogP contribution in [-0.4, -0.2) is 4.92 Å². The first-order chi connectivity index (χ1) is 7.13. The van der Waals surface area contributed by atoms with Crippen molar-refractivity contribution in [1.82, 2.24) is 0 Å². The summed E-state index contributed by atoms with van der Waals surface area (Å²) in [7, 11) is 0. The molecule has 0 saturated heterocycles. The number of halogens is 1. The fourth-order valence-electron chi connectivity index (χ4n) is 0.905. The van der Waals surface area contributed by atoms with Crippen LogP contribution >= 0.6 is 23.4 Å². The molecule has 0 unspecified atom stereocenters. The van der Waals surface area contributed by atoms with Gasteiger partial charge in [0.15, 0.2) is 0 Å². The number of hydrogen-bond donors (Lipinski definition) is 0. The van der Waals surface area contributed by atoms with Gasteiger partial charge in [-0.25, -0.2) is 0 Å². The van der Waals surface area contributed by atoms with Gasteiger partial charge in [-0.05, 0) is 24.3 Å². The molecule has 0 aliphatic carbocycles. The van der Waals surface area contributed by atoms with E-state index >= 15 is 0 Å². The van der Waals surface area contributed by atoms with Crippen LogP contribution in [0, 0.1) is 10.1 Å². The molecular weight excluding hydrogens is 234 g/mol. The van der Waals surface area contributed by atoms with Crippen molar-refractivity contribution < 1.29 is 4.92 Å². The second-order valence-electron chi connectivity index (χ2n) is 2.79. The molecule has 0 radical (unpaired) electrons. The highest BCUT2D eigenvalue weighted by atomic mass is 35.5. The van der Waals surface area contributed by atoms with Crippen molar-refractivity contribution in [3.8, 4) is 0 Å². The average Bonchev–Trinajstić information content (AvgIpc) is 2.21. The van der Waals surface area contributed by atoms with E-state index in [-0.39, 0.29) is 10.6 Å². The Bertz CT molecular complexity index is 376. The Balaban J connectivity index is 2.70. The molecule has 3 nitrogen and oxygen atoms in total. The molecule has 5 heteroatoms. The Kier molecular flexibility index (Phi) is 4.65. The van der Waals surface area contributed by atoms with Gasteiger partial charge in [0.1, 0.15) is 0 Å². The molecule has 0 aliphatic heterocycles. The van der Waals surface area contributed by atoms with E-state index < -0.39 is 0 Å². The smallest absolute Gasteiger partial charge is 0.252 e. The molecule has 80 valence electrons. The third-order valence-electron chi connectivity index (χ3n) is 1.74. The van der Waals surface area contributed by atoms with E-state index in [9.17, 15) is 10.1 Å². The molecule has 0 bridgehead atoms. The summed E-state index contributed by atoms with van der Waals surface area (Å²) in [5.41, 5.74) is 0.218. The Morgan fingerprint density at radius 2 is 2.13 bits per heavy atom. The normalized spacial score (nSPS) is 11.5. The maximum absolute atomic E-state index is 10.5. The van der Waals surface area contributed by atoms with E-state index in [4.69, 9.17) is 11.6 Å². The van der Waals surface area contributed by atoms with Gasteiger partial charge in [-0.15, -0.1) is 0 Å². The zero-order chi connectivity index (χ0) is 11.3. The van der Waals surface area contributed by atoms with Crippen molar-refractivity contribution in [3.63, 3.8) is 0 Å². The highest BCUT2D eigenvalue weighted by Gasteiger charge is 2.06. The minimum Gasteiger partial charge on any atom is -0.259 e. The van der Waals surface area contributed by atoms with Gasteiger partial charge in [0.25, 0.3) is 5.70 Å². The Hall–Kier alpha value is -1.00. The first-order valence-corrected chi connectivity index (χ1v) is 5.65. The van der Waals surface area contributed by atoms with Crippen LogP contribution in [0.1, 0.15) is 13.3 Å². The van der Waals surface area contributed by atoms with Crippen molar-refractivity contribution in [3.05, 3.63) is 50.5 Å². The van der Waals surface area contributed by atoms with Gasteiger partial charge in [-0.3, -0.25) is 10.1 Å². The molecule has 0 fully saturated rings. The average molecular weight is 244 g/mol. The first kappa shape index (κ1) is 12.1. The van der Waals surface area contributed by atoms with Crippen molar-refractivity contribution >= 4 is 23.4 Å². The van der Waals surface area contributed by atoms with E-state index in [2.05, 4.69) is 0 Å². The Labute approximate surface area is 97.3 Å². The standard InChI is InChI=1S/C10H10ClNO2S/c1-2-9(12(13)14)7-15-10-5-3-8(11)4-6-10/h3-7H,2H2,1H3. The third kappa shape index (κ3) is 3.93. The van der Waals surface area contributed by atoms with Crippen LogP contribution in [-0.2, 0) is 0 Å². The minimum atomic E-state index is -0.358. The highest BCUT2D eigenvalue weighted by molar-refractivity contribution is 8.02. The quantitative estimate of drug-likeness (QED) is 0.457. The maximum Gasteiger partial charge on any atom is 0.252 e. The van der Waals surface area contributed by atoms with Gasteiger partial charge in [0.2, 0.25) is 0 Å². The van der Waals surface area contributed by atoms with Crippen LogP contribution in [0.2, 0.25) is 5.02 Å². The summed E-state index contributed by atoms with van der Waals surface area (Å²) in [5, 5.41) is 12.7. The molecule has 0 N–H and O–H groups in total. The molecule has 0 aromatic heterocycles. The van der Waals surface area contributed by atoms with Crippen LogP contribution in [0.3, 0.4) is 0 Å². The fraction of sp³-hybridized carbons (Fsp3) is 0.200. The number of allylic oxidation sites excluding steroid dienone is 1. The molecule has 1 aromatic rings. The van der Waals surface area contributed by atoms with Crippen molar-refractivity contribution in [1.29, 1.82) is 0 Å². The third-order valence-corrected chi connectivity index (χ3v) is 2.93. The molecule has 0 aliphatic rings. The molecule has 0 saturated carbocycles. The number of thioether (sulfide) groups is 1. The maximum atomic E-state index is 10.5. The lowest BCUT2D eigenvalue weighted by Gasteiger charge is -1.96. The number of benzene rings is 1. The zero-order valence-corrected chi connectivity index (χ0v) is 9.72. The molecule has 0 amide bonds. The fourth-order valence-corrected chi connectivity index (χ4v) is 1.85. The first-order valence-electron chi connectivity index (χ1n) is 4.39. The lowest BCUT2D eigenvalue weighted by atomic mass is 10.4. The largest absolute Gasteiger partial charge is 0.259 e. The van der Waals surface area contributed by atoms with E-state index in [0.717, 1.165) is 4.90 Å². The topological polar surface area (TPSA) is 43.1 Å². The second-order valence-corrected chi connectivity index (χ2v) is 4.17. The van der Waals surface area contributed by atoms with E-state index in [1.807, 2.05) is 12.1 Å². The summed E-state index contributed by atoms with van der Waals surface area (Å²) < 4.78 is 0. The SMILES string of the molecule is CCC(=CSc1ccc(Cl)cc1)[N+](=O)[O-]. The number of rotatable bonds is 4. The molecule has 0 heterocycles.